The van der Waals surface area contributed by atoms with Gasteiger partial charge in [0, 0.05) is 26.2 Å². The topological polar surface area (TPSA) is 72.8 Å². The van der Waals surface area contributed by atoms with E-state index in [9.17, 15) is 0 Å². The summed E-state index contributed by atoms with van der Waals surface area (Å²) >= 11 is 0. The van der Waals surface area contributed by atoms with Crippen LogP contribution in [0.25, 0.3) is 0 Å². The van der Waals surface area contributed by atoms with Crippen LogP contribution in [-0.4, -0.2) is 50.6 Å². The summed E-state index contributed by atoms with van der Waals surface area (Å²) < 4.78 is 0. The molecule has 2 heterocycles. The van der Waals surface area contributed by atoms with Crippen LogP contribution in [0, 0.1) is 0 Å². The van der Waals surface area contributed by atoms with Gasteiger partial charge >= 0.3 is 0 Å². The van der Waals surface area contributed by atoms with Gasteiger partial charge in [0.2, 0.25) is 0 Å². The first-order chi connectivity index (χ1) is 8.74. The fourth-order valence-corrected chi connectivity index (χ4v) is 2.47. The number of azo groups is 1. The van der Waals surface area contributed by atoms with Crippen LogP contribution in [0.5, 0.6) is 0 Å². The second kappa shape index (κ2) is 10.7. The molecule has 0 amide bonds. The zero-order valence-corrected chi connectivity index (χ0v) is 13.9. The number of hydrogen-bond donors (Lipinski definition) is 4. The quantitative estimate of drug-likeness (QED) is 0.547. The largest absolute Gasteiger partial charge is 0.301 e. The highest BCUT2D eigenvalue weighted by atomic mass is 35.5. The highest BCUT2D eigenvalue weighted by Crippen LogP contribution is 2.07. The minimum Gasteiger partial charge on any atom is -0.301 e. The average Bonchev–Trinajstić information content (AvgIpc) is 2.99. The van der Waals surface area contributed by atoms with Crippen molar-refractivity contribution in [2.24, 2.45) is 10.2 Å². The monoisotopic (exact) mass is 326 g/mol. The summed E-state index contributed by atoms with van der Waals surface area (Å²) in [7, 11) is 0. The first kappa shape index (κ1) is 20.0. The summed E-state index contributed by atoms with van der Waals surface area (Å²) in [4.78, 5) is 0. The molecule has 20 heavy (non-hydrogen) atoms. The number of halogens is 2. The van der Waals surface area contributed by atoms with E-state index in [1.54, 1.807) is 0 Å². The van der Waals surface area contributed by atoms with Gasteiger partial charge in [-0.15, -0.1) is 24.8 Å². The summed E-state index contributed by atoms with van der Waals surface area (Å²) in [6, 6.07) is 0.556. The van der Waals surface area contributed by atoms with Crippen molar-refractivity contribution in [2.45, 2.75) is 51.1 Å². The Morgan fingerprint density at radius 3 is 1.35 bits per heavy atom. The van der Waals surface area contributed by atoms with E-state index in [4.69, 9.17) is 0 Å². The third kappa shape index (κ3) is 7.15. The number of nitrogens with one attached hydrogen (secondary N) is 4. The van der Waals surface area contributed by atoms with Crippen LogP contribution >= 0.6 is 24.8 Å². The summed E-state index contributed by atoms with van der Waals surface area (Å²) in [5, 5.41) is 22.4. The summed E-state index contributed by atoms with van der Waals surface area (Å²) in [5.74, 6) is 0. The molecule has 0 aliphatic carbocycles. The molecule has 8 heteroatoms. The Morgan fingerprint density at radius 2 is 1.05 bits per heavy atom. The van der Waals surface area contributed by atoms with Crippen LogP contribution < -0.4 is 21.3 Å². The number of hydrogen-bond acceptors (Lipinski definition) is 6. The Balaban J connectivity index is 0.00000180. The summed E-state index contributed by atoms with van der Waals surface area (Å²) in [5.41, 5.74) is 0. The van der Waals surface area contributed by atoms with Crippen molar-refractivity contribution in [3.8, 4) is 0 Å². The Hall–Kier alpha value is 0.0200. The molecule has 2 atom stereocenters. The Labute approximate surface area is 134 Å². The van der Waals surface area contributed by atoms with Gasteiger partial charge in [0.15, 0.2) is 0 Å². The molecule has 0 saturated carbocycles. The van der Waals surface area contributed by atoms with Crippen molar-refractivity contribution in [3.05, 3.63) is 0 Å². The van der Waals surface area contributed by atoms with Crippen molar-refractivity contribution in [1.29, 1.82) is 0 Å². The predicted octanol–water partition coefficient (Wildman–Crippen LogP) is 0.877. The maximum atomic E-state index is 4.42. The van der Waals surface area contributed by atoms with Gasteiger partial charge in [0.05, 0.1) is 24.4 Å². The Bertz CT molecular complexity index is 241. The molecule has 2 rings (SSSR count). The molecule has 0 bridgehead atoms. The smallest absolute Gasteiger partial charge is 0.0707 e. The molecule has 2 aliphatic rings. The molecule has 6 nitrogen and oxygen atoms in total. The maximum absolute atomic E-state index is 4.42. The van der Waals surface area contributed by atoms with E-state index in [1.165, 1.54) is 0 Å². The van der Waals surface area contributed by atoms with E-state index in [1.807, 2.05) is 0 Å². The van der Waals surface area contributed by atoms with Gasteiger partial charge in [0.1, 0.15) is 0 Å². The van der Waals surface area contributed by atoms with E-state index >= 15 is 0 Å². The zero-order valence-electron chi connectivity index (χ0n) is 12.3. The average molecular weight is 327 g/mol. The molecule has 4 N–H and O–H groups in total. The summed E-state index contributed by atoms with van der Waals surface area (Å²) in [6.07, 6.45) is 2.84. The predicted molar refractivity (Wildman–Crippen MR) is 87.1 cm³/mol. The second-order valence-corrected chi connectivity index (χ2v) is 5.32. The molecule has 0 aromatic rings. The molecule has 2 fully saturated rings. The van der Waals surface area contributed by atoms with Crippen molar-refractivity contribution < 1.29 is 0 Å². The van der Waals surface area contributed by atoms with E-state index in [-0.39, 0.29) is 36.9 Å². The van der Waals surface area contributed by atoms with Gasteiger partial charge in [-0.1, -0.05) is 0 Å². The number of nitrogens with zero attached hydrogens (tertiary/aromatic N) is 2. The van der Waals surface area contributed by atoms with E-state index in [0.29, 0.717) is 12.3 Å². The lowest BCUT2D eigenvalue weighted by atomic mass is 10.2. The van der Waals surface area contributed by atoms with Crippen molar-refractivity contribution in [2.75, 3.05) is 26.2 Å². The molecule has 0 spiro atoms. The fourth-order valence-electron chi connectivity index (χ4n) is 2.47. The SMILES string of the molecule is CC(CC1NCCN1)N=NC(C)CC1NCCN1.Cl.Cl. The fraction of sp³-hybridized carbons (Fsp3) is 1.00. The van der Waals surface area contributed by atoms with Crippen molar-refractivity contribution >= 4 is 24.8 Å². The van der Waals surface area contributed by atoms with Crippen molar-refractivity contribution in [1.82, 2.24) is 21.3 Å². The van der Waals surface area contributed by atoms with Gasteiger partial charge in [-0.2, -0.15) is 10.2 Å². The van der Waals surface area contributed by atoms with Gasteiger partial charge in [-0.3, -0.25) is 0 Å². The normalized spacial score (nSPS) is 23.5. The van der Waals surface area contributed by atoms with Crippen LogP contribution in [0.3, 0.4) is 0 Å². The Kier molecular flexibility index (Phi) is 10.7. The maximum Gasteiger partial charge on any atom is 0.0707 e. The number of rotatable bonds is 6. The van der Waals surface area contributed by atoms with E-state index in [0.717, 1.165) is 39.0 Å². The van der Waals surface area contributed by atoms with E-state index < -0.39 is 0 Å². The van der Waals surface area contributed by atoms with Crippen molar-refractivity contribution in [3.63, 3.8) is 0 Å². The highest BCUT2D eigenvalue weighted by molar-refractivity contribution is 5.85. The third-order valence-corrected chi connectivity index (χ3v) is 3.43. The van der Waals surface area contributed by atoms with Crippen LogP contribution in [0.1, 0.15) is 26.7 Å². The molecular formula is C12H28Cl2N6. The van der Waals surface area contributed by atoms with E-state index in [2.05, 4.69) is 45.3 Å². The zero-order chi connectivity index (χ0) is 12.8. The molecular weight excluding hydrogens is 299 g/mol. The molecule has 2 aliphatic heterocycles. The Morgan fingerprint density at radius 1 is 0.750 bits per heavy atom. The lowest BCUT2D eigenvalue weighted by molar-refractivity contribution is 0.435. The third-order valence-electron chi connectivity index (χ3n) is 3.43. The van der Waals surface area contributed by atoms with Gasteiger partial charge in [-0.05, 0) is 26.7 Å². The van der Waals surface area contributed by atoms with Crippen LogP contribution in [-0.2, 0) is 0 Å². The molecule has 2 unspecified atom stereocenters. The minimum absolute atomic E-state index is 0. The molecule has 0 aromatic carbocycles. The van der Waals surface area contributed by atoms with Gasteiger partial charge in [-0.25, -0.2) is 0 Å². The minimum atomic E-state index is 0. The lowest BCUT2D eigenvalue weighted by Gasteiger charge is -2.15. The molecule has 0 radical (unpaired) electrons. The van der Waals surface area contributed by atoms with Crippen LogP contribution in [0.4, 0.5) is 0 Å². The molecule has 2 saturated heterocycles. The van der Waals surface area contributed by atoms with Crippen LogP contribution in [0.2, 0.25) is 0 Å². The summed E-state index contributed by atoms with van der Waals surface area (Å²) in [6.45, 7) is 8.50. The van der Waals surface area contributed by atoms with Crippen LogP contribution in [0.15, 0.2) is 10.2 Å². The first-order valence-corrected chi connectivity index (χ1v) is 7.07. The van der Waals surface area contributed by atoms with Gasteiger partial charge in [0.25, 0.3) is 0 Å². The molecule has 120 valence electrons. The standard InChI is InChI=1S/C12H26N6.2ClH/c1-9(7-11-13-3-4-14-11)17-18-10(2)8-12-15-5-6-16-12;;/h9-16H,3-8H2,1-2H3;2*1H. The second-order valence-electron chi connectivity index (χ2n) is 5.32. The highest BCUT2D eigenvalue weighted by Gasteiger charge is 2.17. The lowest BCUT2D eigenvalue weighted by Crippen LogP contribution is -2.34. The first-order valence-electron chi connectivity index (χ1n) is 7.07. The van der Waals surface area contributed by atoms with Gasteiger partial charge < -0.3 is 21.3 Å². The molecule has 0 aromatic heterocycles.